The number of nitrogens with zero attached hydrogens (tertiary/aromatic N) is 2. The van der Waals surface area contributed by atoms with Gasteiger partial charge in [0, 0.05) is 24.8 Å². The van der Waals surface area contributed by atoms with Gasteiger partial charge in [-0.15, -0.1) is 0 Å². The molecule has 1 saturated heterocycles. The highest BCUT2D eigenvalue weighted by Gasteiger charge is 2.23. The highest BCUT2D eigenvalue weighted by Crippen LogP contribution is 2.21. The standard InChI is InChI=1S/C16H29N3O/c1-3-18(12-14-8-7-11-17-14)13-16(20)19(4-2)15-9-5-6-10-15/h9,14,17H,3-8,10-13H2,1-2H3. The van der Waals surface area contributed by atoms with E-state index in [1.807, 2.05) is 4.90 Å². The Morgan fingerprint density at radius 2 is 2.20 bits per heavy atom. The lowest BCUT2D eigenvalue weighted by molar-refractivity contribution is -0.130. The van der Waals surface area contributed by atoms with Crippen molar-refractivity contribution in [2.24, 2.45) is 0 Å². The summed E-state index contributed by atoms with van der Waals surface area (Å²) in [4.78, 5) is 16.8. The van der Waals surface area contributed by atoms with Crippen molar-refractivity contribution >= 4 is 5.91 Å². The molecule has 0 aromatic heterocycles. The van der Waals surface area contributed by atoms with Gasteiger partial charge in [0.2, 0.25) is 5.91 Å². The van der Waals surface area contributed by atoms with Crippen LogP contribution in [0.5, 0.6) is 0 Å². The van der Waals surface area contributed by atoms with Crippen LogP contribution in [0.3, 0.4) is 0 Å². The molecule has 2 aliphatic rings. The maximum Gasteiger partial charge on any atom is 0.240 e. The number of carbonyl (C=O) groups is 1. The Hall–Kier alpha value is -0.870. The minimum absolute atomic E-state index is 0.264. The Labute approximate surface area is 123 Å². The van der Waals surface area contributed by atoms with E-state index in [1.54, 1.807) is 0 Å². The van der Waals surface area contributed by atoms with Crippen LogP contribution in [-0.4, -0.2) is 54.5 Å². The lowest BCUT2D eigenvalue weighted by Crippen LogP contribution is -2.44. The summed E-state index contributed by atoms with van der Waals surface area (Å²) in [6.07, 6.45) is 8.13. The SMILES string of the molecule is CCN(CC(=O)N(CC)C1=CCCC1)CC1CCCN1. The van der Waals surface area contributed by atoms with Crippen molar-refractivity contribution in [3.63, 3.8) is 0 Å². The average Bonchev–Trinajstić information content (AvgIpc) is 3.12. The fraction of sp³-hybridized carbons (Fsp3) is 0.812. The molecule has 0 radical (unpaired) electrons. The molecule has 4 nitrogen and oxygen atoms in total. The van der Waals surface area contributed by atoms with E-state index in [2.05, 4.69) is 30.1 Å². The zero-order valence-electron chi connectivity index (χ0n) is 13.0. The summed E-state index contributed by atoms with van der Waals surface area (Å²) in [5.74, 6) is 0.264. The van der Waals surface area contributed by atoms with Crippen molar-refractivity contribution in [2.45, 2.75) is 52.0 Å². The monoisotopic (exact) mass is 279 g/mol. The van der Waals surface area contributed by atoms with Gasteiger partial charge in [-0.1, -0.05) is 13.0 Å². The van der Waals surface area contributed by atoms with Crippen LogP contribution in [0.4, 0.5) is 0 Å². The number of rotatable bonds is 7. The fourth-order valence-corrected chi connectivity index (χ4v) is 3.25. The molecule has 2 rings (SSSR count). The van der Waals surface area contributed by atoms with E-state index in [1.165, 1.54) is 25.0 Å². The van der Waals surface area contributed by atoms with Gasteiger partial charge in [-0.05, 0) is 52.1 Å². The van der Waals surface area contributed by atoms with Crippen LogP contribution in [0, 0.1) is 0 Å². The first-order chi connectivity index (χ1) is 9.74. The highest BCUT2D eigenvalue weighted by atomic mass is 16.2. The van der Waals surface area contributed by atoms with Gasteiger partial charge in [0.1, 0.15) is 0 Å². The first-order valence-corrected chi connectivity index (χ1v) is 8.19. The highest BCUT2D eigenvalue weighted by molar-refractivity contribution is 5.80. The summed E-state index contributed by atoms with van der Waals surface area (Å²) in [5.41, 5.74) is 1.24. The molecule has 0 saturated carbocycles. The van der Waals surface area contributed by atoms with Crippen molar-refractivity contribution in [2.75, 3.05) is 32.7 Å². The molecule has 1 N–H and O–H groups in total. The third-order valence-electron chi connectivity index (χ3n) is 4.43. The second-order valence-electron chi connectivity index (χ2n) is 5.85. The Morgan fingerprint density at radius 1 is 1.35 bits per heavy atom. The van der Waals surface area contributed by atoms with Crippen LogP contribution in [0.15, 0.2) is 11.8 Å². The Morgan fingerprint density at radius 3 is 2.75 bits per heavy atom. The number of likely N-dealkylation sites (N-methyl/N-ethyl adjacent to an activating group) is 2. The van der Waals surface area contributed by atoms with Gasteiger partial charge in [0.25, 0.3) is 0 Å². The second-order valence-corrected chi connectivity index (χ2v) is 5.85. The van der Waals surface area contributed by atoms with E-state index < -0.39 is 0 Å². The summed E-state index contributed by atoms with van der Waals surface area (Å²) in [6.45, 7) is 8.65. The summed E-state index contributed by atoms with van der Waals surface area (Å²) in [7, 11) is 0. The molecule has 0 bridgehead atoms. The summed E-state index contributed by atoms with van der Waals surface area (Å²) < 4.78 is 0. The predicted molar refractivity (Wildman–Crippen MR) is 82.5 cm³/mol. The van der Waals surface area contributed by atoms with Crippen molar-refractivity contribution in [3.8, 4) is 0 Å². The summed E-state index contributed by atoms with van der Waals surface area (Å²) in [6, 6.07) is 0.573. The number of nitrogens with one attached hydrogen (secondary N) is 1. The minimum atomic E-state index is 0.264. The largest absolute Gasteiger partial charge is 0.316 e. The van der Waals surface area contributed by atoms with Gasteiger partial charge in [0.05, 0.1) is 6.54 Å². The van der Waals surface area contributed by atoms with Crippen molar-refractivity contribution in [1.29, 1.82) is 0 Å². The van der Waals surface area contributed by atoms with Gasteiger partial charge in [-0.3, -0.25) is 9.69 Å². The number of allylic oxidation sites excluding steroid dienone is 2. The zero-order chi connectivity index (χ0) is 14.4. The molecule has 20 heavy (non-hydrogen) atoms. The predicted octanol–water partition coefficient (Wildman–Crippen LogP) is 1.98. The number of hydrogen-bond donors (Lipinski definition) is 1. The fourth-order valence-electron chi connectivity index (χ4n) is 3.25. The number of carbonyl (C=O) groups excluding carboxylic acids is 1. The molecule has 0 aromatic carbocycles. The second kappa shape index (κ2) is 7.79. The van der Waals surface area contributed by atoms with E-state index in [4.69, 9.17) is 0 Å². The molecule has 1 atom stereocenters. The van der Waals surface area contributed by atoms with Gasteiger partial charge < -0.3 is 10.2 Å². The number of hydrogen-bond acceptors (Lipinski definition) is 3. The van der Waals surface area contributed by atoms with Crippen LogP contribution < -0.4 is 5.32 Å². The summed E-state index contributed by atoms with van der Waals surface area (Å²) >= 11 is 0. The molecule has 0 aromatic rings. The zero-order valence-corrected chi connectivity index (χ0v) is 13.0. The Kier molecular flexibility index (Phi) is 6.05. The van der Waals surface area contributed by atoms with E-state index in [9.17, 15) is 4.79 Å². The van der Waals surface area contributed by atoms with Crippen molar-refractivity contribution in [3.05, 3.63) is 11.8 Å². The van der Waals surface area contributed by atoms with Crippen LogP contribution in [-0.2, 0) is 4.79 Å². The van der Waals surface area contributed by atoms with Crippen molar-refractivity contribution in [1.82, 2.24) is 15.1 Å². The molecule has 1 unspecified atom stereocenters. The minimum Gasteiger partial charge on any atom is -0.316 e. The quantitative estimate of drug-likeness (QED) is 0.774. The third kappa shape index (κ3) is 4.06. The molecular weight excluding hydrogens is 250 g/mol. The normalized spacial score (nSPS) is 22.4. The lowest BCUT2D eigenvalue weighted by atomic mass is 10.2. The van der Waals surface area contributed by atoms with Crippen LogP contribution in [0.1, 0.15) is 46.0 Å². The Balaban J connectivity index is 1.86. The topological polar surface area (TPSA) is 35.6 Å². The maximum absolute atomic E-state index is 12.5. The van der Waals surface area contributed by atoms with Gasteiger partial charge >= 0.3 is 0 Å². The maximum atomic E-state index is 12.5. The van der Waals surface area contributed by atoms with E-state index >= 15 is 0 Å². The van der Waals surface area contributed by atoms with Crippen LogP contribution in [0.2, 0.25) is 0 Å². The molecule has 1 amide bonds. The number of amides is 1. The molecule has 1 aliphatic carbocycles. The van der Waals surface area contributed by atoms with E-state index in [0.29, 0.717) is 12.6 Å². The van der Waals surface area contributed by atoms with E-state index in [-0.39, 0.29) is 5.91 Å². The molecule has 1 aliphatic heterocycles. The smallest absolute Gasteiger partial charge is 0.240 e. The van der Waals surface area contributed by atoms with E-state index in [0.717, 1.165) is 39.0 Å². The first-order valence-electron chi connectivity index (χ1n) is 8.19. The molecule has 4 heteroatoms. The molecule has 114 valence electrons. The van der Waals surface area contributed by atoms with Gasteiger partial charge in [0.15, 0.2) is 0 Å². The molecule has 0 spiro atoms. The van der Waals surface area contributed by atoms with Gasteiger partial charge in [-0.2, -0.15) is 0 Å². The molecule has 1 fully saturated rings. The molecule has 1 heterocycles. The lowest BCUT2D eigenvalue weighted by Gasteiger charge is -2.28. The third-order valence-corrected chi connectivity index (χ3v) is 4.43. The first kappa shape index (κ1) is 15.5. The average molecular weight is 279 g/mol. The Bertz CT molecular complexity index is 348. The molecular formula is C16H29N3O. The van der Waals surface area contributed by atoms with Gasteiger partial charge in [-0.25, -0.2) is 0 Å². The van der Waals surface area contributed by atoms with Crippen LogP contribution >= 0.6 is 0 Å². The summed E-state index contributed by atoms with van der Waals surface area (Å²) in [5, 5.41) is 3.51. The van der Waals surface area contributed by atoms with Crippen molar-refractivity contribution < 1.29 is 4.79 Å². The van der Waals surface area contributed by atoms with Crippen LogP contribution in [0.25, 0.3) is 0 Å².